The molecule has 0 amide bonds. The highest BCUT2D eigenvalue weighted by Gasteiger charge is 2.32. The molecule has 1 fully saturated rings. The fourth-order valence-corrected chi connectivity index (χ4v) is 4.23. The van der Waals surface area contributed by atoms with Crippen molar-refractivity contribution in [3.8, 4) is 0 Å². The van der Waals surface area contributed by atoms with Gasteiger partial charge in [0.25, 0.3) is 0 Å². The predicted molar refractivity (Wildman–Crippen MR) is 98.2 cm³/mol. The minimum atomic E-state index is -4.64. The van der Waals surface area contributed by atoms with Crippen LogP contribution in [0.2, 0.25) is 0 Å². The molecule has 2 aromatic rings. The molecule has 0 bridgehead atoms. The minimum Gasteiger partial charge on any atom is -0.379 e. The van der Waals surface area contributed by atoms with Crippen molar-refractivity contribution in [1.82, 2.24) is 9.62 Å². The lowest BCUT2D eigenvalue weighted by atomic mass is 10.0. The van der Waals surface area contributed by atoms with E-state index in [9.17, 15) is 26.0 Å². The average Bonchev–Trinajstić information content (AvgIpc) is 2.70. The molecule has 1 aliphatic rings. The Labute approximate surface area is 166 Å². The van der Waals surface area contributed by atoms with Crippen LogP contribution in [0.25, 0.3) is 0 Å². The Morgan fingerprint density at radius 2 is 1.72 bits per heavy atom. The number of nitrogens with one attached hydrogen (secondary N) is 1. The number of rotatable bonds is 6. The van der Waals surface area contributed by atoms with Crippen LogP contribution in [0.4, 0.5) is 17.6 Å². The molecule has 29 heavy (non-hydrogen) atoms. The second-order valence-corrected chi connectivity index (χ2v) is 8.36. The highest BCUT2D eigenvalue weighted by molar-refractivity contribution is 7.89. The summed E-state index contributed by atoms with van der Waals surface area (Å²) in [5.41, 5.74) is -0.344. The molecule has 0 aromatic heterocycles. The summed E-state index contributed by atoms with van der Waals surface area (Å²) in [5, 5.41) is 0. The molecule has 0 spiro atoms. The van der Waals surface area contributed by atoms with Crippen molar-refractivity contribution in [2.24, 2.45) is 0 Å². The highest BCUT2D eigenvalue weighted by atomic mass is 32.2. The van der Waals surface area contributed by atoms with Crippen LogP contribution in [0.15, 0.2) is 53.4 Å². The van der Waals surface area contributed by atoms with Gasteiger partial charge in [-0.15, -0.1) is 0 Å². The van der Waals surface area contributed by atoms with Gasteiger partial charge < -0.3 is 4.74 Å². The molecular weight excluding hydrogens is 412 g/mol. The van der Waals surface area contributed by atoms with Crippen LogP contribution in [0.1, 0.15) is 17.2 Å². The van der Waals surface area contributed by atoms with Gasteiger partial charge >= 0.3 is 6.18 Å². The van der Waals surface area contributed by atoms with Gasteiger partial charge in [0.05, 0.1) is 23.7 Å². The van der Waals surface area contributed by atoms with E-state index in [1.165, 1.54) is 12.1 Å². The van der Waals surface area contributed by atoms with E-state index in [0.29, 0.717) is 37.9 Å². The van der Waals surface area contributed by atoms with Crippen molar-refractivity contribution in [2.75, 3.05) is 32.8 Å². The molecule has 2 aromatic carbocycles. The van der Waals surface area contributed by atoms with E-state index < -0.39 is 38.5 Å². The first-order chi connectivity index (χ1) is 13.7. The van der Waals surface area contributed by atoms with Crippen LogP contribution < -0.4 is 4.72 Å². The van der Waals surface area contributed by atoms with Crippen LogP contribution in [0.5, 0.6) is 0 Å². The average molecular weight is 432 g/mol. The van der Waals surface area contributed by atoms with Crippen LogP contribution in [0.3, 0.4) is 0 Å². The molecule has 1 heterocycles. The Bertz CT molecular complexity index is 927. The Morgan fingerprint density at radius 1 is 1.07 bits per heavy atom. The zero-order chi connectivity index (χ0) is 21.1. The van der Waals surface area contributed by atoms with E-state index in [-0.39, 0.29) is 6.54 Å². The van der Waals surface area contributed by atoms with E-state index in [0.717, 1.165) is 18.2 Å². The topological polar surface area (TPSA) is 58.6 Å². The molecule has 0 radical (unpaired) electrons. The Morgan fingerprint density at radius 3 is 2.34 bits per heavy atom. The summed E-state index contributed by atoms with van der Waals surface area (Å²) >= 11 is 0. The maximum atomic E-state index is 13.3. The number of sulfonamides is 1. The number of hydrogen-bond donors (Lipinski definition) is 1. The number of benzene rings is 2. The largest absolute Gasteiger partial charge is 0.416 e. The van der Waals surface area contributed by atoms with E-state index in [4.69, 9.17) is 4.74 Å². The molecule has 10 heteroatoms. The fourth-order valence-electron chi connectivity index (χ4n) is 3.14. The van der Waals surface area contributed by atoms with Gasteiger partial charge in [0.2, 0.25) is 10.0 Å². The van der Waals surface area contributed by atoms with Gasteiger partial charge in [0.1, 0.15) is 5.82 Å². The summed E-state index contributed by atoms with van der Waals surface area (Å²) in [6.07, 6.45) is -4.64. The first-order valence-electron chi connectivity index (χ1n) is 8.91. The molecule has 0 aliphatic carbocycles. The summed E-state index contributed by atoms with van der Waals surface area (Å²) in [7, 11) is -4.17. The zero-order valence-corrected chi connectivity index (χ0v) is 16.1. The van der Waals surface area contributed by atoms with Crippen LogP contribution in [-0.4, -0.2) is 46.2 Å². The molecule has 3 rings (SSSR count). The van der Waals surface area contributed by atoms with Crippen LogP contribution in [0, 0.1) is 5.82 Å². The van der Waals surface area contributed by atoms with Gasteiger partial charge in [0, 0.05) is 25.7 Å². The highest BCUT2D eigenvalue weighted by Crippen LogP contribution is 2.30. The molecular formula is C19H20F4N2O3S. The maximum absolute atomic E-state index is 13.3. The molecule has 1 unspecified atom stereocenters. The van der Waals surface area contributed by atoms with Gasteiger partial charge in [-0.05, 0) is 35.9 Å². The number of morpholine rings is 1. The predicted octanol–water partition coefficient (Wildman–Crippen LogP) is 3.20. The van der Waals surface area contributed by atoms with Crippen LogP contribution in [-0.2, 0) is 20.9 Å². The lowest BCUT2D eigenvalue weighted by Gasteiger charge is -2.34. The van der Waals surface area contributed by atoms with Gasteiger partial charge in [-0.3, -0.25) is 4.90 Å². The number of halogens is 4. The molecule has 1 aliphatic heterocycles. The van der Waals surface area contributed by atoms with Crippen molar-refractivity contribution in [3.05, 3.63) is 65.5 Å². The van der Waals surface area contributed by atoms with Crippen molar-refractivity contribution in [3.63, 3.8) is 0 Å². The maximum Gasteiger partial charge on any atom is 0.416 e. The third kappa shape index (κ3) is 5.53. The Balaban J connectivity index is 1.81. The molecule has 5 nitrogen and oxygen atoms in total. The first-order valence-corrected chi connectivity index (χ1v) is 10.4. The van der Waals surface area contributed by atoms with Gasteiger partial charge in [-0.1, -0.05) is 18.2 Å². The Kier molecular flexibility index (Phi) is 6.57. The fraction of sp³-hybridized carbons (Fsp3) is 0.368. The smallest absolute Gasteiger partial charge is 0.379 e. The second kappa shape index (κ2) is 8.78. The minimum absolute atomic E-state index is 0.0792. The molecule has 1 atom stereocenters. The summed E-state index contributed by atoms with van der Waals surface area (Å²) in [5.74, 6) is -0.418. The molecule has 1 saturated heterocycles. The molecule has 158 valence electrons. The summed E-state index contributed by atoms with van der Waals surface area (Å²) < 4.78 is 84.9. The third-order valence-corrected chi connectivity index (χ3v) is 6.10. The lowest BCUT2D eigenvalue weighted by Crippen LogP contribution is -2.43. The van der Waals surface area contributed by atoms with Gasteiger partial charge in [-0.25, -0.2) is 17.5 Å². The van der Waals surface area contributed by atoms with E-state index in [1.807, 2.05) is 4.90 Å². The van der Waals surface area contributed by atoms with Crippen molar-refractivity contribution < 1.29 is 30.7 Å². The van der Waals surface area contributed by atoms with Crippen molar-refractivity contribution in [1.29, 1.82) is 0 Å². The second-order valence-electron chi connectivity index (χ2n) is 6.59. The van der Waals surface area contributed by atoms with Gasteiger partial charge in [-0.2, -0.15) is 13.2 Å². The number of ether oxygens (including phenoxy) is 1. The normalized spacial score (nSPS) is 17.2. The quantitative estimate of drug-likeness (QED) is 0.713. The molecule has 1 N–H and O–H groups in total. The summed E-state index contributed by atoms with van der Waals surface area (Å²) in [6.45, 7) is 1.96. The van der Waals surface area contributed by atoms with Gasteiger partial charge in [0.15, 0.2) is 0 Å². The van der Waals surface area contributed by atoms with Crippen molar-refractivity contribution in [2.45, 2.75) is 17.1 Å². The van der Waals surface area contributed by atoms with Crippen LogP contribution >= 0.6 is 0 Å². The van der Waals surface area contributed by atoms with E-state index >= 15 is 0 Å². The van der Waals surface area contributed by atoms with E-state index in [2.05, 4.69) is 4.72 Å². The standard InChI is InChI=1S/C19H20F4N2O3S/c20-16-6-4-14(5-7-16)18(25-8-10-28-11-9-25)13-24-29(26,27)17-3-1-2-15(12-17)19(21,22)23/h1-7,12,18,24H,8-11,13H2. The molecule has 0 saturated carbocycles. The Hall–Kier alpha value is -2.01. The summed E-state index contributed by atoms with van der Waals surface area (Å²) in [6, 6.07) is 8.85. The zero-order valence-electron chi connectivity index (χ0n) is 15.3. The SMILES string of the molecule is O=S(=O)(NCC(c1ccc(F)cc1)N1CCOCC1)c1cccc(C(F)(F)F)c1. The first kappa shape index (κ1) is 21.7. The van der Waals surface area contributed by atoms with E-state index in [1.54, 1.807) is 12.1 Å². The third-order valence-electron chi connectivity index (χ3n) is 4.68. The lowest BCUT2D eigenvalue weighted by molar-refractivity contribution is -0.137. The number of hydrogen-bond acceptors (Lipinski definition) is 4. The van der Waals surface area contributed by atoms with Crippen molar-refractivity contribution >= 4 is 10.0 Å². The summed E-state index contributed by atoms with van der Waals surface area (Å²) in [4.78, 5) is 1.53. The number of alkyl halides is 3. The monoisotopic (exact) mass is 432 g/mol. The number of nitrogens with zero attached hydrogens (tertiary/aromatic N) is 1.